The molecule has 3 nitrogen and oxygen atoms in total. The Labute approximate surface area is 107 Å². The topological polar surface area (TPSA) is 55.1 Å². The summed E-state index contributed by atoms with van der Waals surface area (Å²) in [4.78, 5) is 11.6. The molecule has 0 fully saturated rings. The van der Waals surface area contributed by atoms with Crippen molar-refractivity contribution in [2.75, 3.05) is 13.1 Å². The zero-order chi connectivity index (χ0) is 13.1. The van der Waals surface area contributed by atoms with Crippen LogP contribution in [0.15, 0.2) is 0 Å². The molecule has 1 atom stereocenters. The average molecular weight is 242 g/mol. The number of nitrogens with two attached hydrogens (primary N) is 1. The van der Waals surface area contributed by atoms with Crippen molar-refractivity contribution in [2.24, 2.45) is 17.6 Å². The van der Waals surface area contributed by atoms with Crippen LogP contribution in [-0.4, -0.2) is 19.0 Å². The van der Waals surface area contributed by atoms with Gasteiger partial charge in [0.05, 0.1) is 0 Å². The Balaban J connectivity index is 3.64. The van der Waals surface area contributed by atoms with Crippen molar-refractivity contribution < 1.29 is 4.79 Å². The van der Waals surface area contributed by atoms with Gasteiger partial charge in [-0.2, -0.15) is 0 Å². The first-order chi connectivity index (χ1) is 8.10. The first-order valence-electron chi connectivity index (χ1n) is 7.06. The second kappa shape index (κ2) is 10.6. The molecule has 0 aliphatic heterocycles. The van der Waals surface area contributed by atoms with E-state index in [1.54, 1.807) is 0 Å². The molecule has 0 aromatic heterocycles. The maximum absolute atomic E-state index is 11.6. The van der Waals surface area contributed by atoms with E-state index in [0.717, 1.165) is 32.4 Å². The molecule has 0 aromatic carbocycles. The van der Waals surface area contributed by atoms with Crippen molar-refractivity contribution >= 4 is 5.91 Å². The Hall–Kier alpha value is -0.570. The van der Waals surface area contributed by atoms with E-state index in [1.807, 2.05) is 0 Å². The summed E-state index contributed by atoms with van der Waals surface area (Å²) in [6.45, 7) is 8.08. The van der Waals surface area contributed by atoms with Gasteiger partial charge in [-0.15, -0.1) is 0 Å². The lowest BCUT2D eigenvalue weighted by Crippen LogP contribution is -2.25. The third-order valence-electron chi connectivity index (χ3n) is 3.10. The van der Waals surface area contributed by atoms with Gasteiger partial charge in [-0.25, -0.2) is 0 Å². The summed E-state index contributed by atoms with van der Waals surface area (Å²) in [5.41, 5.74) is 5.58. The molecule has 0 aromatic rings. The van der Waals surface area contributed by atoms with E-state index in [0.29, 0.717) is 18.3 Å². The summed E-state index contributed by atoms with van der Waals surface area (Å²) in [5.74, 6) is 1.48. The SMILES string of the molecule is CCCC(CCN)CCC(=O)NCCC(C)C. The molecule has 0 aliphatic rings. The monoisotopic (exact) mass is 242 g/mol. The molecule has 102 valence electrons. The van der Waals surface area contributed by atoms with Gasteiger partial charge in [-0.1, -0.05) is 33.6 Å². The second-order valence-corrected chi connectivity index (χ2v) is 5.30. The van der Waals surface area contributed by atoms with E-state index < -0.39 is 0 Å². The zero-order valence-electron chi connectivity index (χ0n) is 11.8. The van der Waals surface area contributed by atoms with Crippen molar-refractivity contribution in [1.82, 2.24) is 5.32 Å². The fourth-order valence-electron chi connectivity index (χ4n) is 2.00. The Morgan fingerprint density at radius 2 is 1.88 bits per heavy atom. The number of nitrogens with one attached hydrogen (secondary N) is 1. The van der Waals surface area contributed by atoms with Crippen molar-refractivity contribution in [3.8, 4) is 0 Å². The van der Waals surface area contributed by atoms with E-state index in [1.165, 1.54) is 12.8 Å². The summed E-state index contributed by atoms with van der Waals surface area (Å²) >= 11 is 0. The first kappa shape index (κ1) is 16.4. The van der Waals surface area contributed by atoms with Crippen molar-refractivity contribution in [3.05, 3.63) is 0 Å². The van der Waals surface area contributed by atoms with Crippen LogP contribution in [0.25, 0.3) is 0 Å². The molecule has 1 unspecified atom stereocenters. The minimum Gasteiger partial charge on any atom is -0.356 e. The normalized spacial score (nSPS) is 12.8. The van der Waals surface area contributed by atoms with Gasteiger partial charge >= 0.3 is 0 Å². The van der Waals surface area contributed by atoms with Crippen LogP contribution in [0.3, 0.4) is 0 Å². The molecule has 0 heterocycles. The highest BCUT2D eigenvalue weighted by atomic mass is 16.1. The molecular formula is C14H30N2O. The van der Waals surface area contributed by atoms with Crippen LogP contribution in [0.1, 0.15) is 59.3 Å². The Kier molecular flexibility index (Phi) is 10.2. The van der Waals surface area contributed by atoms with Crippen LogP contribution in [-0.2, 0) is 4.79 Å². The van der Waals surface area contributed by atoms with Crippen LogP contribution >= 0.6 is 0 Å². The van der Waals surface area contributed by atoms with Gasteiger partial charge in [-0.3, -0.25) is 4.79 Å². The summed E-state index contributed by atoms with van der Waals surface area (Å²) in [6.07, 6.45) is 6.12. The molecule has 0 rings (SSSR count). The quantitative estimate of drug-likeness (QED) is 0.619. The molecule has 0 saturated carbocycles. The Morgan fingerprint density at radius 1 is 1.18 bits per heavy atom. The van der Waals surface area contributed by atoms with Gasteiger partial charge in [0, 0.05) is 13.0 Å². The average Bonchev–Trinajstić information content (AvgIpc) is 2.26. The Morgan fingerprint density at radius 3 is 2.41 bits per heavy atom. The predicted molar refractivity (Wildman–Crippen MR) is 73.8 cm³/mol. The molecule has 1 amide bonds. The van der Waals surface area contributed by atoms with Gasteiger partial charge in [0.2, 0.25) is 5.91 Å². The molecule has 3 N–H and O–H groups in total. The van der Waals surface area contributed by atoms with Gasteiger partial charge < -0.3 is 11.1 Å². The highest BCUT2D eigenvalue weighted by Crippen LogP contribution is 2.16. The van der Waals surface area contributed by atoms with Crippen LogP contribution in [0, 0.1) is 11.8 Å². The van der Waals surface area contributed by atoms with E-state index in [-0.39, 0.29) is 5.91 Å². The predicted octanol–water partition coefficient (Wildman–Crippen LogP) is 2.69. The van der Waals surface area contributed by atoms with E-state index in [4.69, 9.17) is 5.73 Å². The molecule has 0 radical (unpaired) electrons. The molecule has 0 bridgehead atoms. The standard InChI is InChI=1S/C14H30N2O/c1-4-5-13(8-10-15)6-7-14(17)16-11-9-12(2)3/h12-13H,4-11,15H2,1-3H3,(H,16,17). The molecular weight excluding hydrogens is 212 g/mol. The highest BCUT2D eigenvalue weighted by Gasteiger charge is 2.09. The summed E-state index contributed by atoms with van der Waals surface area (Å²) in [5, 5.41) is 2.98. The minimum absolute atomic E-state index is 0.198. The molecule has 17 heavy (non-hydrogen) atoms. The van der Waals surface area contributed by atoms with Gasteiger partial charge in [0.1, 0.15) is 0 Å². The lowest BCUT2D eigenvalue weighted by atomic mass is 9.94. The van der Waals surface area contributed by atoms with E-state index in [9.17, 15) is 4.79 Å². The van der Waals surface area contributed by atoms with E-state index >= 15 is 0 Å². The van der Waals surface area contributed by atoms with Crippen molar-refractivity contribution in [1.29, 1.82) is 0 Å². The fourth-order valence-corrected chi connectivity index (χ4v) is 2.00. The van der Waals surface area contributed by atoms with Crippen LogP contribution in [0.5, 0.6) is 0 Å². The number of hydrogen-bond donors (Lipinski definition) is 2. The Bertz CT molecular complexity index is 187. The number of hydrogen-bond acceptors (Lipinski definition) is 2. The van der Waals surface area contributed by atoms with Gasteiger partial charge in [0.15, 0.2) is 0 Å². The summed E-state index contributed by atoms with van der Waals surface area (Å²) < 4.78 is 0. The van der Waals surface area contributed by atoms with E-state index in [2.05, 4.69) is 26.1 Å². The summed E-state index contributed by atoms with van der Waals surface area (Å²) in [7, 11) is 0. The van der Waals surface area contributed by atoms with Crippen LogP contribution < -0.4 is 11.1 Å². The molecule has 0 spiro atoms. The minimum atomic E-state index is 0.198. The molecule has 0 saturated heterocycles. The number of rotatable bonds is 10. The number of carbonyl (C=O) groups excluding carboxylic acids is 1. The molecule has 0 aliphatic carbocycles. The van der Waals surface area contributed by atoms with Crippen LogP contribution in [0.4, 0.5) is 0 Å². The van der Waals surface area contributed by atoms with Crippen molar-refractivity contribution in [2.45, 2.75) is 59.3 Å². The number of amides is 1. The smallest absolute Gasteiger partial charge is 0.220 e. The van der Waals surface area contributed by atoms with Gasteiger partial charge in [0.25, 0.3) is 0 Å². The third kappa shape index (κ3) is 10.3. The maximum atomic E-state index is 11.6. The third-order valence-corrected chi connectivity index (χ3v) is 3.10. The molecule has 3 heteroatoms. The first-order valence-corrected chi connectivity index (χ1v) is 7.06. The van der Waals surface area contributed by atoms with Crippen molar-refractivity contribution in [3.63, 3.8) is 0 Å². The highest BCUT2D eigenvalue weighted by molar-refractivity contribution is 5.75. The number of carbonyl (C=O) groups is 1. The largest absolute Gasteiger partial charge is 0.356 e. The van der Waals surface area contributed by atoms with Gasteiger partial charge in [-0.05, 0) is 37.6 Å². The zero-order valence-corrected chi connectivity index (χ0v) is 11.8. The second-order valence-electron chi connectivity index (χ2n) is 5.30. The lowest BCUT2D eigenvalue weighted by Gasteiger charge is -2.14. The fraction of sp³-hybridized carbons (Fsp3) is 0.929. The lowest BCUT2D eigenvalue weighted by molar-refractivity contribution is -0.121. The summed E-state index contributed by atoms with van der Waals surface area (Å²) in [6, 6.07) is 0. The maximum Gasteiger partial charge on any atom is 0.220 e. The van der Waals surface area contributed by atoms with Crippen LogP contribution in [0.2, 0.25) is 0 Å².